The molecule has 0 aromatic carbocycles. The molecular formula is C12H16N2O. The van der Waals surface area contributed by atoms with Crippen molar-refractivity contribution in [1.29, 1.82) is 5.26 Å². The summed E-state index contributed by atoms with van der Waals surface area (Å²) >= 11 is 0. The number of hydrogen-bond acceptors (Lipinski definition) is 3. The number of nitrogens with zero attached hydrogens (tertiary/aromatic N) is 2. The maximum Gasteiger partial charge on any atom is 0.141 e. The Morgan fingerprint density at radius 3 is 2.53 bits per heavy atom. The van der Waals surface area contributed by atoms with Crippen molar-refractivity contribution in [2.75, 3.05) is 7.11 Å². The SMILES string of the molecule is COc1cc(C#N)cnc1C(C)C(C)C. The summed E-state index contributed by atoms with van der Waals surface area (Å²) in [7, 11) is 1.61. The molecule has 0 radical (unpaired) electrons. The predicted molar refractivity (Wildman–Crippen MR) is 58.8 cm³/mol. The third-order valence-electron chi connectivity index (χ3n) is 2.66. The molecule has 1 aromatic heterocycles. The van der Waals surface area contributed by atoms with Crippen molar-refractivity contribution < 1.29 is 4.74 Å². The van der Waals surface area contributed by atoms with Gasteiger partial charge in [-0.25, -0.2) is 0 Å². The zero-order chi connectivity index (χ0) is 11.4. The molecule has 0 aliphatic heterocycles. The Labute approximate surface area is 90.7 Å². The Morgan fingerprint density at radius 1 is 1.40 bits per heavy atom. The summed E-state index contributed by atoms with van der Waals surface area (Å²) in [5, 5.41) is 8.75. The van der Waals surface area contributed by atoms with Crippen molar-refractivity contribution in [3.63, 3.8) is 0 Å². The van der Waals surface area contributed by atoms with Gasteiger partial charge in [0.2, 0.25) is 0 Å². The lowest BCUT2D eigenvalue weighted by Crippen LogP contribution is -2.07. The van der Waals surface area contributed by atoms with E-state index in [1.807, 2.05) is 0 Å². The van der Waals surface area contributed by atoms with Gasteiger partial charge in [0.15, 0.2) is 0 Å². The third kappa shape index (κ3) is 2.47. The van der Waals surface area contributed by atoms with Crippen molar-refractivity contribution in [2.24, 2.45) is 5.92 Å². The number of aromatic nitrogens is 1. The standard InChI is InChI=1S/C12H16N2O/c1-8(2)9(3)12-11(15-4)5-10(6-13)7-14-12/h5,7-9H,1-4H3. The largest absolute Gasteiger partial charge is 0.495 e. The smallest absolute Gasteiger partial charge is 0.141 e. The summed E-state index contributed by atoms with van der Waals surface area (Å²) in [6, 6.07) is 3.79. The van der Waals surface area contributed by atoms with E-state index in [-0.39, 0.29) is 0 Å². The third-order valence-corrected chi connectivity index (χ3v) is 2.66. The maximum atomic E-state index is 8.75. The minimum Gasteiger partial charge on any atom is -0.495 e. The molecule has 15 heavy (non-hydrogen) atoms. The van der Waals surface area contributed by atoms with Crippen LogP contribution in [0.25, 0.3) is 0 Å². The minimum atomic E-state index is 0.327. The lowest BCUT2D eigenvalue weighted by Gasteiger charge is -2.17. The van der Waals surface area contributed by atoms with Crippen molar-refractivity contribution in [1.82, 2.24) is 4.98 Å². The number of methoxy groups -OCH3 is 1. The molecule has 3 nitrogen and oxygen atoms in total. The average molecular weight is 204 g/mol. The van der Waals surface area contributed by atoms with E-state index in [9.17, 15) is 0 Å². The summed E-state index contributed by atoms with van der Waals surface area (Å²) in [4.78, 5) is 4.29. The van der Waals surface area contributed by atoms with E-state index in [1.54, 1.807) is 19.4 Å². The van der Waals surface area contributed by atoms with Crippen molar-refractivity contribution in [3.05, 3.63) is 23.5 Å². The summed E-state index contributed by atoms with van der Waals surface area (Å²) in [6.45, 7) is 6.40. The Hall–Kier alpha value is -1.56. The molecule has 0 aliphatic carbocycles. The highest BCUT2D eigenvalue weighted by Crippen LogP contribution is 2.29. The normalized spacial score (nSPS) is 12.3. The Kier molecular flexibility index (Phi) is 3.68. The van der Waals surface area contributed by atoms with Gasteiger partial charge in [-0.15, -0.1) is 0 Å². The Bertz CT molecular complexity index is 380. The predicted octanol–water partition coefficient (Wildman–Crippen LogP) is 2.72. The molecule has 0 saturated carbocycles. The van der Waals surface area contributed by atoms with E-state index in [2.05, 4.69) is 31.8 Å². The highest BCUT2D eigenvalue weighted by atomic mass is 16.5. The van der Waals surface area contributed by atoms with Crippen LogP contribution in [0.5, 0.6) is 5.75 Å². The molecule has 0 bridgehead atoms. The van der Waals surface area contributed by atoms with Gasteiger partial charge in [0.1, 0.15) is 11.8 Å². The van der Waals surface area contributed by atoms with E-state index in [0.29, 0.717) is 23.1 Å². The molecule has 1 atom stereocenters. The highest BCUT2D eigenvalue weighted by molar-refractivity contribution is 5.38. The first kappa shape index (κ1) is 11.5. The van der Waals surface area contributed by atoms with Gasteiger partial charge in [-0.3, -0.25) is 4.98 Å². The first-order valence-electron chi connectivity index (χ1n) is 5.04. The molecule has 0 N–H and O–H groups in total. The number of hydrogen-bond donors (Lipinski definition) is 0. The van der Waals surface area contributed by atoms with Gasteiger partial charge in [0, 0.05) is 18.2 Å². The fourth-order valence-corrected chi connectivity index (χ4v) is 1.34. The van der Waals surface area contributed by atoms with E-state index in [0.717, 1.165) is 5.69 Å². The molecule has 0 amide bonds. The second-order valence-corrected chi connectivity index (χ2v) is 3.96. The van der Waals surface area contributed by atoms with Crippen LogP contribution in [0.2, 0.25) is 0 Å². The van der Waals surface area contributed by atoms with Gasteiger partial charge in [-0.05, 0) is 5.92 Å². The Morgan fingerprint density at radius 2 is 2.07 bits per heavy atom. The van der Waals surface area contributed by atoms with Gasteiger partial charge in [-0.2, -0.15) is 5.26 Å². The summed E-state index contributed by atoms with van der Waals surface area (Å²) in [6.07, 6.45) is 1.59. The van der Waals surface area contributed by atoms with E-state index < -0.39 is 0 Å². The lowest BCUT2D eigenvalue weighted by atomic mass is 9.93. The topological polar surface area (TPSA) is 45.9 Å². The van der Waals surface area contributed by atoms with Crippen LogP contribution in [0.3, 0.4) is 0 Å². The van der Waals surface area contributed by atoms with Crippen LogP contribution in [0.4, 0.5) is 0 Å². The molecular weight excluding hydrogens is 188 g/mol. The summed E-state index contributed by atoms with van der Waals surface area (Å²) in [5.74, 6) is 1.53. The molecule has 0 aliphatic rings. The molecule has 0 fully saturated rings. The molecule has 0 saturated heterocycles. The average Bonchev–Trinajstić information content (AvgIpc) is 2.27. The van der Waals surface area contributed by atoms with Crippen LogP contribution in [0.15, 0.2) is 12.3 Å². The van der Waals surface area contributed by atoms with Crippen LogP contribution in [0.1, 0.15) is 37.9 Å². The maximum absolute atomic E-state index is 8.75. The quantitative estimate of drug-likeness (QED) is 0.760. The summed E-state index contributed by atoms with van der Waals surface area (Å²) < 4.78 is 5.25. The monoisotopic (exact) mass is 204 g/mol. The zero-order valence-corrected chi connectivity index (χ0v) is 9.61. The van der Waals surface area contributed by atoms with Crippen LogP contribution in [-0.4, -0.2) is 12.1 Å². The molecule has 1 aromatic rings. The lowest BCUT2D eigenvalue weighted by molar-refractivity contribution is 0.393. The fourth-order valence-electron chi connectivity index (χ4n) is 1.34. The highest BCUT2D eigenvalue weighted by Gasteiger charge is 2.16. The van der Waals surface area contributed by atoms with Crippen LogP contribution >= 0.6 is 0 Å². The minimum absolute atomic E-state index is 0.327. The molecule has 3 heteroatoms. The van der Waals surface area contributed by atoms with Crippen LogP contribution in [-0.2, 0) is 0 Å². The van der Waals surface area contributed by atoms with E-state index in [1.165, 1.54) is 0 Å². The fraction of sp³-hybridized carbons (Fsp3) is 0.500. The Balaban J connectivity index is 3.14. The first-order chi connectivity index (χ1) is 7.10. The number of rotatable bonds is 3. The number of nitriles is 1. The molecule has 1 unspecified atom stereocenters. The van der Waals surface area contributed by atoms with Gasteiger partial charge in [0.05, 0.1) is 18.4 Å². The number of pyridine rings is 1. The second-order valence-electron chi connectivity index (χ2n) is 3.96. The van der Waals surface area contributed by atoms with Gasteiger partial charge in [-0.1, -0.05) is 20.8 Å². The van der Waals surface area contributed by atoms with Crippen LogP contribution < -0.4 is 4.74 Å². The molecule has 1 heterocycles. The van der Waals surface area contributed by atoms with E-state index >= 15 is 0 Å². The summed E-state index contributed by atoms with van der Waals surface area (Å²) in [5.41, 5.74) is 1.46. The molecule has 1 rings (SSSR count). The zero-order valence-electron chi connectivity index (χ0n) is 9.61. The number of ether oxygens (including phenoxy) is 1. The first-order valence-corrected chi connectivity index (χ1v) is 5.04. The van der Waals surface area contributed by atoms with Crippen molar-refractivity contribution in [2.45, 2.75) is 26.7 Å². The molecule has 80 valence electrons. The second kappa shape index (κ2) is 4.79. The van der Waals surface area contributed by atoms with Crippen LogP contribution in [0, 0.1) is 17.2 Å². The van der Waals surface area contributed by atoms with E-state index in [4.69, 9.17) is 10.00 Å². The van der Waals surface area contributed by atoms with Crippen molar-refractivity contribution in [3.8, 4) is 11.8 Å². The van der Waals surface area contributed by atoms with Gasteiger partial charge >= 0.3 is 0 Å². The van der Waals surface area contributed by atoms with Crippen molar-refractivity contribution >= 4 is 0 Å². The van der Waals surface area contributed by atoms with Gasteiger partial charge in [0.25, 0.3) is 0 Å². The van der Waals surface area contributed by atoms with Gasteiger partial charge < -0.3 is 4.74 Å². The molecule has 0 spiro atoms.